The fraction of sp³-hybridized carbons (Fsp3) is 0.192. The normalized spacial score (nSPS) is 10.7. The van der Waals surface area contributed by atoms with Gasteiger partial charge >= 0.3 is 0 Å². The third-order valence-corrected chi connectivity index (χ3v) is 3.69. The summed E-state index contributed by atoms with van der Waals surface area (Å²) in [7, 11) is 0. The van der Waals surface area contributed by atoms with E-state index in [1.807, 2.05) is 30.3 Å². The Morgan fingerprint density at radius 1 is 0.333 bits per heavy atom. The molecule has 186 valence electrons. The highest BCUT2D eigenvalue weighted by Gasteiger charge is 1.93. The van der Waals surface area contributed by atoms with E-state index in [0.29, 0.717) is 0 Å². The van der Waals surface area contributed by atoms with Gasteiger partial charge in [0.2, 0.25) is 0 Å². The second-order valence-corrected chi connectivity index (χ2v) is 6.44. The molecule has 0 bridgehead atoms. The number of pyridine rings is 1. The minimum atomic E-state index is 1.25. The maximum absolute atomic E-state index is 3.78. The highest BCUT2D eigenvalue weighted by Crippen LogP contribution is 1.96. The minimum Gasteiger partial charge on any atom is -0.317 e. The first-order valence-corrected chi connectivity index (χ1v) is 11.4. The predicted octanol–water partition coefficient (Wildman–Crippen LogP) is 3.75. The van der Waals surface area contributed by atoms with Crippen molar-refractivity contribution in [3.63, 3.8) is 0 Å². The molecule has 36 heavy (non-hydrogen) atoms. The fourth-order valence-corrected chi connectivity index (χ4v) is 2.13. The third-order valence-electron chi connectivity index (χ3n) is 3.69. The summed E-state index contributed by atoms with van der Waals surface area (Å²) in [6, 6.07) is 11.1. The van der Waals surface area contributed by atoms with Gasteiger partial charge in [-0.05, 0) is 56.3 Å². The van der Waals surface area contributed by atoms with E-state index in [9.17, 15) is 0 Å². The van der Waals surface area contributed by atoms with Gasteiger partial charge in [-0.1, -0.05) is 12.5 Å². The van der Waals surface area contributed by atoms with E-state index in [1.54, 1.807) is 92.8 Å². The molecule has 10 heteroatoms. The molecule has 6 heterocycles. The summed E-state index contributed by atoms with van der Waals surface area (Å²) in [5.41, 5.74) is 0. The van der Waals surface area contributed by atoms with Gasteiger partial charge in [0.25, 0.3) is 0 Å². The number of rotatable bonds is 0. The molecule has 0 amide bonds. The molecule has 0 radical (unpaired) electrons. The number of piperidine rings is 1. The molecule has 1 fully saturated rings. The van der Waals surface area contributed by atoms with Crippen LogP contribution in [-0.4, -0.2) is 58.2 Å². The van der Waals surface area contributed by atoms with Gasteiger partial charge in [0.05, 0.1) is 0 Å². The average molecular weight is 485 g/mol. The summed E-state index contributed by atoms with van der Waals surface area (Å²) in [6.45, 7) is 2.50. The van der Waals surface area contributed by atoms with Crippen LogP contribution < -0.4 is 5.32 Å². The molecule has 6 rings (SSSR count). The van der Waals surface area contributed by atoms with E-state index in [4.69, 9.17) is 0 Å². The Morgan fingerprint density at radius 3 is 0.861 bits per heavy atom. The Balaban J connectivity index is 0.000000216. The lowest BCUT2D eigenvalue weighted by Crippen LogP contribution is -2.21. The fourth-order valence-electron chi connectivity index (χ4n) is 2.13. The van der Waals surface area contributed by atoms with Crippen molar-refractivity contribution in [1.82, 2.24) is 50.4 Å². The number of nitrogens with zero attached hydrogens (tertiary/aromatic N) is 9. The zero-order chi connectivity index (χ0) is 25.5. The van der Waals surface area contributed by atoms with Crippen molar-refractivity contribution < 1.29 is 0 Å². The number of hydrogen-bond donors (Lipinski definition) is 1. The number of hydrogen-bond acceptors (Lipinski definition) is 10. The summed E-state index contributed by atoms with van der Waals surface area (Å²) >= 11 is 0. The summed E-state index contributed by atoms with van der Waals surface area (Å²) in [5, 5.41) is 10.4. The Hall–Kier alpha value is -4.57. The molecule has 1 aliphatic heterocycles. The summed E-state index contributed by atoms with van der Waals surface area (Å²) in [5.74, 6) is 0. The van der Waals surface area contributed by atoms with Gasteiger partial charge in [-0.15, -0.1) is 0 Å². The van der Waals surface area contributed by atoms with Crippen LogP contribution in [0.2, 0.25) is 0 Å². The third kappa shape index (κ3) is 24.1. The van der Waals surface area contributed by atoms with E-state index in [1.165, 1.54) is 38.7 Å². The van der Waals surface area contributed by atoms with E-state index in [0.717, 1.165) is 0 Å². The Morgan fingerprint density at radius 2 is 0.722 bits per heavy atom. The lowest BCUT2D eigenvalue weighted by atomic mass is 10.2. The first kappa shape index (κ1) is 29.5. The molecule has 0 atom stereocenters. The number of nitrogens with one attached hydrogen (secondary N) is 1. The van der Waals surface area contributed by atoms with Crippen molar-refractivity contribution in [2.45, 2.75) is 19.3 Å². The van der Waals surface area contributed by atoms with Crippen LogP contribution in [0, 0.1) is 0 Å². The molecular weight excluding hydrogens is 452 g/mol. The molecule has 0 spiro atoms. The van der Waals surface area contributed by atoms with Crippen LogP contribution >= 0.6 is 0 Å². The molecule has 0 aliphatic carbocycles. The van der Waals surface area contributed by atoms with Crippen molar-refractivity contribution >= 4 is 0 Å². The SMILES string of the molecule is C1CCNCC1.c1ccncc1.c1ccnnc1.c1cnccn1.c1cnccn1.c1cncnc1. The molecule has 1 saturated heterocycles. The first-order chi connectivity index (χ1) is 18.0. The summed E-state index contributed by atoms with van der Waals surface area (Å²) in [4.78, 5) is 26.0. The van der Waals surface area contributed by atoms with E-state index < -0.39 is 0 Å². The molecule has 1 aliphatic rings. The van der Waals surface area contributed by atoms with Crippen molar-refractivity contribution in [3.8, 4) is 0 Å². The lowest BCUT2D eigenvalue weighted by Gasteiger charge is -2.08. The molecule has 5 aromatic rings. The van der Waals surface area contributed by atoms with Gasteiger partial charge in [-0.2, -0.15) is 10.2 Å². The molecule has 10 nitrogen and oxygen atoms in total. The molecule has 0 saturated carbocycles. The van der Waals surface area contributed by atoms with Crippen molar-refractivity contribution in [2.75, 3.05) is 13.1 Å². The quantitative estimate of drug-likeness (QED) is 0.347. The second-order valence-electron chi connectivity index (χ2n) is 6.44. The molecule has 1 N–H and O–H groups in total. The predicted molar refractivity (Wildman–Crippen MR) is 139 cm³/mol. The average Bonchev–Trinajstić information content (AvgIpc) is 3.04. The zero-order valence-electron chi connectivity index (χ0n) is 20.2. The summed E-state index contributed by atoms with van der Waals surface area (Å²) in [6.07, 6.45) is 29.0. The van der Waals surface area contributed by atoms with Crippen LogP contribution in [0.4, 0.5) is 0 Å². The lowest BCUT2D eigenvalue weighted by molar-refractivity contribution is 0.520. The van der Waals surface area contributed by atoms with Gasteiger partial charge < -0.3 is 5.32 Å². The van der Waals surface area contributed by atoms with Crippen LogP contribution in [0.1, 0.15) is 19.3 Å². The Kier molecular flexibility index (Phi) is 21.8. The van der Waals surface area contributed by atoms with Crippen LogP contribution in [0.15, 0.2) is 129 Å². The summed E-state index contributed by atoms with van der Waals surface area (Å²) < 4.78 is 0. The van der Waals surface area contributed by atoms with Crippen molar-refractivity contribution in [1.29, 1.82) is 0 Å². The monoisotopic (exact) mass is 484 g/mol. The van der Waals surface area contributed by atoms with Gasteiger partial charge in [-0.25, -0.2) is 9.97 Å². The van der Waals surface area contributed by atoms with Crippen LogP contribution in [0.5, 0.6) is 0 Å². The Labute approximate surface area is 212 Å². The van der Waals surface area contributed by atoms with Crippen LogP contribution in [-0.2, 0) is 0 Å². The van der Waals surface area contributed by atoms with Crippen molar-refractivity contribution in [2.24, 2.45) is 0 Å². The highest BCUT2D eigenvalue weighted by molar-refractivity contribution is 4.88. The smallest absolute Gasteiger partial charge is 0.115 e. The van der Waals surface area contributed by atoms with E-state index in [-0.39, 0.29) is 0 Å². The minimum absolute atomic E-state index is 1.25. The molecular formula is C26H32N10. The largest absolute Gasteiger partial charge is 0.317 e. The van der Waals surface area contributed by atoms with Gasteiger partial charge in [0, 0.05) is 86.8 Å². The van der Waals surface area contributed by atoms with Gasteiger partial charge in [0.15, 0.2) is 0 Å². The second kappa shape index (κ2) is 26.7. The van der Waals surface area contributed by atoms with Crippen molar-refractivity contribution in [3.05, 3.63) is 129 Å². The van der Waals surface area contributed by atoms with Crippen LogP contribution in [0.25, 0.3) is 0 Å². The first-order valence-electron chi connectivity index (χ1n) is 11.4. The van der Waals surface area contributed by atoms with Gasteiger partial charge in [-0.3, -0.25) is 24.9 Å². The molecule has 0 aromatic carbocycles. The molecule has 5 aromatic heterocycles. The maximum atomic E-state index is 3.78. The zero-order valence-corrected chi connectivity index (χ0v) is 20.2. The van der Waals surface area contributed by atoms with E-state index >= 15 is 0 Å². The standard InChI is InChI=1S/C5H11N.C5H5N.4C4H4N2/c2*1-2-4-6-5-3-1;2*1-2-6-4-3-5-1;1-2-5-4-6-3-1;1-2-4-6-5-3-1/h6H,1-5H2;1-5H;4*1-4H. The Bertz CT molecular complexity index is 651. The highest BCUT2D eigenvalue weighted by atomic mass is 15.1. The van der Waals surface area contributed by atoms with E-state index in [2.05, 4.69) is 50.4 Å². The topological polar surface area (TPSA) is 128 Å². The van der Waals surface area contributed by atoms with Crippen LogP contribution in [0.3, 0.4) is 0 Å². The maximum Gasteiger partial charge on any atom is 0.115 e. The number of aromatic nitrogens is 9. The molecule has 0 unspecified atom stereocenters. The van der Waals surface area contributed by atoms with Gasteiger partial charge in [0.1, 0.15) is 6.33 Å².